The van der Waals surface area contributed by atoms with Crippen LogP contribution in [0.4, 0.5) is 0 Å². The van der Waals surface area contributed by atoms with Crippen molar-refractivity contribution in [1.29, 1.82) is 0 Å². The Kier molecular flexibility index (Phi) is 4.41. The minimum absolute atomic E-state index is 0.272. The van der Waals surface area contributed by atoms with E-state index in [0.29, 0.717) is 17.8 Å². The number of rotatable bonds is 3. The lowest BCUT2D eigenvalue weighted by Crippen LogP contribution is -2.30. The van der Waals surface area contributed by atoms with E-state index >= 15 is 0 Å². The van der Waals surface area contributed by atoms with E-state index in [9.17, 15) is 0 Å². The van der Waals surface area contributed by atoms with Crippen molar-refractivity contribution < 1.29 is 0 Å². The van der Waals surface area contributed by atoms with Crippen LogP contribution in [-0.4, -0.2) is 5.16 Å². The molecule has 0 bridgehead atoms. The van der Waals surface area contributed by atoms with Crippen LogP contribution in [0.3, 0.4) is 0 Å². The lowest BCUT2D eigenvalue weighted by Gasteiger charge is -2.37. The largest absolute Gasteiger partial charge is 0.126 e. The molecular formula is C15H27P. The summed E-state index contributed by atoms with van der Waals surface area (Å²) in [6, 6.07) is 0. The van der Waals surface area contributed by atoms with Gasteiger partial charge >= 0.3 is 0 Å². The van der Waals surface area contributed by atoms with Gasteiger partial charge in [-0.25, -0.2) is 0 Å². The lowest BCUT2D eigenvalue weighted by molar-refractivity contribution is 0.477. The van der Waals surface area contributed by atoms with Gasteiger partial charge < -0.3 is 0 Å². The second-order valence-electron chi connectivity index (χ2n) is 6.12. The van der Waals surface area contributed by atoms with Crippen molar-refractivity contribution in [3.05, 3.63) is 23.3 Å². The predicted molar refractivity (Wildman–Crippen MR) is 77.7 cm³/mol. The van der Waals surface area contributed by atoms with E-state index in [1.54, 1.807) is 5.57 Å². The van der Waals surface area contributed by atoms with Crippen LogP contribution in [0.25, 0.3) is 0 Å². The van der Waals surface area contributed by atoms with E-state index < -0.39 is 0 Å². The average molecular weight is 238 g/mol. The van der Waals surface area contributed by atoms with Crippen molar-refractivity contribution in [2.45, 2.75) is 53.1 Å². The molecule has 16 heavy (non-hydrogen) atoms. The molecule has 0 nitrogen and oxygen atoms in total. The van der Waals surface area contributed by atoms with Crippen molar-refractivity contribution >= 4 is 9.24 Å². The first-order chi connectivity index (χ1) is 7.26. The Morgan fingerprint density at radius 3 is 2.00 bits per heavy atom. The van der Waals surface area contributed by atoms with Gasteiger partial charge in [-0.1, -0.05) is 59.3 Å². The molecule has 0 amide bonds. The van der Waals surface area contributed by atoms with Gasteiger partial charge in [-0.3, -0.25) is 0 Å². The third kappa shape index (κ3) is 2.98. The quantitative estimate of drug-likeness (QED) is 0.618. The molecule has 0 fully saturated rings. The van der Waals surface area contributed by atoms with Gasteiger partial charge in [0.1, 0.15) is 0 Å². The maximum absolute atomic E-state index is 3.10. The van der Waals surface area contributed by atoms with Crippen molar-refractivity contribution in [2.75, 3.05) is 0 Å². The zero-order chi connectivity index (χ0) is 12.5. The second kappa shape index (κ2) is 5.05. The van der Waals surface area contributed by atoms with Gasteiger partial charge in [0, 0.05) is 5.16 Å². The van der Waals surface area contributed by atoms with Crippen molar-refractivity contribution in [3.8, 4) is 0 Å². The minimum Gasteiger partial charge on any atom is -0.126 e. The summed E-state index contributed by atoms with van der Waals surface area (Å²) in [5.41, 5.74) is 3.12. The van der Waals surface area contributed by atoms with E-state index in [0.717, 1.165) is 0 Å². The van der Waals surface area contributed by atoms with Crippen LogP contribution >= 0.6 is 9.24 Å². The number of hydrogen-bond acceptors (Lipinski definition) is 0. The number of hydrogen-bond donors (Lipinski definition) is 0. The molecule has 1 heteroatoms. The Morgan fingerprint density at radius 2 is 1.62 bits per heavy atom. The molecule has 1 rings (SSSR count). The van der Waals surface area contributed by atoms with E-state index in [2.05, 4.69) is 62.9 Å². The second-order valence-corrected chi connectivity index (χ2v) is 7.19. The highest BCUT2D eigenvalue weighted by Crippen LogP contribution is 2.43. The zero-order valence-electron chi connectivity index (χ0n) is 11.7. The first-order valence-electron chi connectivity index (χ1n) is 6.48. The van der Waals surface area contributed by atoms with Crippen LogP contribution < -0.4 is 0 Å². The van der Waals surface area contributed by atoms with Crippen LogP contribution in [0.1, 0.15) is 48.0 Å². The molecule has 0 aromatic heterocycles. The molecular weight excluding hydrogens is 211 g/mol. The monoisotopic (exact) mass is 238 g/mol. The Balaban J connectivity index is 3.10. The number of allylic oxidation sites excluding steroid dienone is 4. The molecule has 0 aromatic rings. The van der Waals surface area contributed by atoms with Gasteiger partial charge in [-0.2, -0.15) is 0 Å². The molecule has 0 heterocycles. The maximum Gasteiger partial charge on any atom is 0.00928 e. The Morgan fingerprint density at radius 1 is 1.06 bits per heavy atom. The molecule has 0 saturated carbocycles. The molecule has 0 spiro atoms. The van der Waals surface area contributed by atoms with Crippen molar-refractivity contribution in [1.82, 2.24) is 0 Å². The third-order valence-corrected chi connectivity index (χ3v) is 4.82. The van der Waals surface area contributed by atoms with Crippen LogP contribution in [0.15, 0.2) is 23.3 Å². The van der Waals surface area contributed by atoms with Gasteiger partial charge in [0.15, 0.2) is 0 Å². The van der Waals surface area contributed by atoms with Crippen LogP contribution in [0.5, 0.6) is 0 Å². The van der Waals surface area contributed by atoms with E-state index in [1.165, 1.54) is 12.0 Å². The molecule has 0 aliphatic heterocycles. The zero-order valence-corrected chi connectivity index (χ0v) is 12.8. The normalized spacial score (nSPS) is 26.4. The Labute approximate surface area is 104 Å². The molecule has 0 aromatic carbocycles. The first kappa shape index (κ1) is 14.0. The third-order valence-electron chi connectivity index (χ3n) is 3.78. The summed E-state index contributed by atoms with van der Waals surface area (Å²) < 4.78 is 0. The van der Waals surface area contributed by atoms with E-state index in [4.69, 9.17) is 0 Å². The van der Waals surface area contributed by atoms with Crippen LogP contribution in [0.2, 0.25) is 0 Å². The SMILES string of the molecule is CC(C)C1=CC(P)(C(C)C)CC(C(C)C)=C1. The molecule has 0 saturated heterocycles. The molecule has 1 aliphatic rings. The van der Waals surface area contributed by atoms with E-state index in [-0.39, 0.29) is 5.16 Å². The maximum atomic E-state index is 3.10. The molecule has 92 valence electrons. The predicted octanol–water partition coefficient (Wildman–Crippen LogP) is 4.82. The van der Waals surface area contributed by atoms with Gasteiger partial charge in [0.05, 0.1) is 0 Å². The fraction of sp³-hybridized carbons (Fsp3) is 0.733. The summed E-state index contributed by atoms with van der Waals surface area (Å²) in [7, 11) is 3.10. The topological polar surface area (TPSA) is 0 Å². The van der Waals surface area contributed by atoms with Gasteiger partial charge in [0.2, 0.25) is 0 Å². The van der Waals surface area contributed by atoms with Crippen LogP contribution in [0, 0.1) is 17.8 Å². The smallest absolute Gasteiger partial charge is 0.00928 e. The highest BCUT2D eigenvalue weighted by atomic mass is 31.0. The lowest BCUT2D eigenvalue weighted by atomic mass is 9.77. The van der Waals surface area contributed by atoms with Gasteiger partial charge in [0.25, 0.3) is 0 Å². The van der Waals surface area contributed by atoms with E-state index in [1.807, 2.05) is 0 Å². The first-order valence-corrected chi connectivity index (χ1v) is 7.06. The molecule has 0 radical (unpaired) electrons. The Hall–Kier alpha value is -0.0900. The summed E-state index contributed by atoms with van der Waals surface area (Å²) in [4.78, 5) is 0. The summed E-state index contributed by atoms with van der Waals surface area (Å²) in [6.45, 7) is 13.8. The van der Waals surface area contributed by atoms with Gasteiger partial charge in [-0.15, -0.1) is 9.24 Å². The summed E-state index contributed by atoms with van der Waals surface area (Å²) in [5.74, 6) is 1.97. The minimum atomic E-state index is 0.272. The summed E-state index contributed by atoms with van der Waals surface area (Å²) in [5, 5.41) is 0.272. The molecule has 1 aliphatic carbocycles. The standard InChI is InChI=1S/C15H27P/c1-10(2)13-7-14(11(3)4)9-15(16,8-13)12(5)6/h7-8,10-12H,9,16H2,1-6H3. The molecule has 2 atom stereocenters. The average Bonchev–Trinajstić information content (AvgIpc) is 2.16. The highest BCUT2D eigenvalue weighted by Gasteiger charge is 2.31. The fourth-order valence-corrected chi connectivity index (χ4v) is 2.52. The van der Waals surface area contributed by atoms with Crippen LogP contribution in [-0.2, 0) is 0 Å². The van der Waals surface area contributed by atoms with Crippen molar-refractivity contribution in [3.63, 3.8) is 0 Å². The Bertz CT molecular complexity index is 307. The summed E-state index contributed by atoms with van der Waals surface area (Å²) >= 11 is 0. The molecule has 0 N–H and O–H groups in total. The molecule has 2 unspecified atom stereocenters. The highest BCUT2D eigenvalue weighted by molar-refractivity contribution is 7.19. The fourth-order valence-electron chi connectivity index (χ4n) is 2.10. The summed E-state index contributed by atoms with van der Waals surface area (Å²) in [6.07, 6.45) is 6.11. The van der Waals surface area contributed by atoms with Crippen molar-refractivity contribution in [2.24, 2.45) is 17.8 Å². The van der Waals surface area contributed by atoms with Gasteiger partial charge in [-0.05, 0) is 29.7 Å².